The molecule has 0 bridgehead atoms. The second-order valence-corrected chi connectivity index (χ2v) is 4.94. The van der Waals surface area contributed by atoms with Crippen LogP contribution in [-0.2, 0) is 9.47 Å². The lowest BCUT2D eigenvalue weighted by Crippen LogP contribution is -2.43. The topological polar surface area (TPSA) is 38.7 Å². The van der Waals surface area contributed by atoms with Crippen LogP contribution >= 0.6 is 0 Å². The van der Waals surface area contributed by atoms with Gasteiger partial charge in [0.25, 0.3) is 0 Å². The quantitative estimate of drug-likeness (QED) is 0.783. The Morgan fingerprint density at radius 2 is 1.67 bits per heavy atom. The molecule has 0 radical (unpaired) electrons. The molecule has 2 aliphatic rings. The molecule has 0 aromatic rings. The molecule has 1 saturated heterocycles. The smallest absolute Gasteiger partial charge is 0.168 e. The first-order valence-electron chi connectivity index (χ1n) is 6.18. The van der Waals surface area contributed by atoms with E-state index in [0.717, 1.165) is 44.9 Å². The van der Waals surface area contributed by atoms with Crippen molar-refractivity contribution in [3.8, 4) is 0 Å². The van der Waals surface area contributed by atoms with Crippen LogP contribution in [0, 0.1) is 0 Å². The molecule has 0 aromatic heterocycles. The molecule has 1 aliphatic heterocycles. The van der Waals surface area contributed by atoms with Crippen molar-refractivity contribution < 1.29 is 14.6 Å². The van der Waals surface area contributed by atoms with Gasteiger partial charge >= 0.3 is 0 Å². The van der Waals surface area contributed by atoms with Crippen molar-refractivity contribution in [1.29, 1.82) is 0 Å². The first-order chi connectivity index (χ1) is 7.18. The monoisotopic (exact) mass is 214 g/mol. The van der Waals surface area contributed by atoms with Gasteiger partial charge in [0.2, 0.25) is 0 Å². The van der Waals surface area contributed by atoms with Gasteiger partial charge < -0.3 is 14.6 Å². The van der Waals surface area contributed by atoms with E-state index in [1.165, 1.54) is 0 Å². The maximum absolute atomic E-state index is 10.3. The van der Waals surface area contributed by atoms with Gasteiger partial charge in [0.15, 0.2) is 5.79 Å². The lowest BCUT2D eigenvalue weighted by atomic mass is 9.78. The predicted molar refractivity (Wildman–Crippen MR) is 57.6 cm³/mol. The fraction of sp³-hybridized carbons (Fsp3) is 1.00. The van der Waals surface area contributed by atoms with Crippen molar-refractivity contribution in [3.63, 3.8) is 0 Å². The molecule has 0 atom stereocenters. The largest absolute Gasteiger partial charge is 0.390 e. The number of hydrogen-bond donors (Lipinski definition) is 1. The third-order valence-corrected chi connectivity index (χ3v) is 3.75. The Labute approximate surface area is 91.8 Å². The molecule has 1 heterocycles. The summed E-state index contributed by atoms with van der Waals surface area (Å²) in [7, 11) is 0. The fourth-order valence-corrected chi connectivity index (χ4v) is 2.64. The Kier molecular flexibility index (Phi) is 3.33. The van der Waals surface area contributed by atoms with Crippen LogP contribution in [0.1, 0.15) is 51.9 Å². The molecule has 0 aromatic carbocycles. The summed E-state index contributed by atoms with van der Waals surface area (Å²) in [6, 6.07) is 0. The van der Waals surface area contributed by atoms with Crippen LogP contribution in [-0.4, -0.2) is 29.7 Å². The number of aliphatic hydroxyl groups is 1. The number of unbranched alkanes of at least 4 members (excludes halogenated alkanes) is 1. The Morgan fingerprint density at radius 3 is 2.20 bits per heavy atom. The van der Waals surface area contributed by atoms with Gasteiger partial charge in [-0.1, -0.05) is 19.8 Å². The highest BCUT2D eigenvalue weighted by molar-refractivity contribution is 4.91. The van der Waals surface area contributed by atoms with Crippen molar-refractivity contribution in [1.82, 2.24) is 0 Å². The maximum atomic E-state index is 10.3. The Balaban J connectivity index is 1.85. The molecule has 1 saturated carbocycles. The first kappa shape index (κ1) is 11.4. The molecule has 1 aliphatic carbocycles. The predicted octanol–water partition coefficient (Wildman–Crippen LogP) is 2.22. The molecule has 88 valence electrons. The van der Waals surface area contributed by atoms with Crippen LogP contribution in [0.4, 0.5) is 0 Å². The van der Waals surface area contributed by atoms with Crippen LogP contribution in [0.5, 0.6) is 0 Å². The van der Waals surface area contributed by atoms with Crippen LogP contribution in [0.3, 0.4) is 0 Å². The Bertz CT molecular complexity index is 199. The van der Waals surface area contributed by atoms with Gasteiger partial charge in [0.1, 0.15) is 0 Å². The zero-order valence-electron chi connectivity index (χ0n) is 9.63. The van der Waals surface area contributed by atoms with E-state index in [1.807, 2.05) is 0 Å². The molecule has 2 rings (SSSR count). The molecule has 1 N–H and O–H groups in total. The van der Waals surface area contributed by atoms with Gasteiger partial charge in [-0.05, 0) is 19.3 Å². The SMILES string of the molecule is CCCCC1(O)CCC2(CC1)OCCO2. The highest BCUT2D eigenvalue weighted by Gasteiger charge is 2.44. The summed E-state index contributed by atoms with van der Waals surface area (Å²) in [4.78, 5) is 0. The molecular formula is C12H22O3. The normalized spacial score (nSPS) is 28.4. The third-order valence-electron chi connectivity index (χ3n) is 3.75. The molecule has 15 heavy (non-hydrogen) atoms. The summed E-state index contributed by atoms with van der Waals surface area (Å²) < 4.78 is 11.3. The zero-order chi connectivity index (χ0) is 10.8. The van der Waals surface area contributed by atoms with Crippen LogP contribution in [0.2, 0.25) is 0 Å². The highest BCUT2D eigenvalue weighted by Crippen LogP contribution is 2.41. The summed E-state index contributed by atoms with van der Waals surface area (Å²) >= 11 is 0. The van der Waals surface area contributed by atoms with Gasteiger partial charge in [0.05, 0.1) is 18.8 Å². The van der Waals surface area contributed by atoms with Gasteiger partial charge in [-0.2, -0.15) is 0 Å². The summed E-state index contributed by atoms with van der Waals surface area (Å²) in [5.74, 6) is -0.335. The molecule has 3 heteroatoms. The summed E-state index contributed by atoms with van der Waals surface area (Å²) in [6.45, 7) is 3.59. The first-order valence-corrected chi connectivity index (χ1v) is 6.18. The number of ether oxygens (including phenoxy) is 2. The second-order valence-electron chi connectivity index (χ2n) is 4.94. The Hall–Kier alpha value is -0.120. The third kappa shape index (κ3) is 2.52. The Morgan fingerprint density at radius 1 is 1.07 bits per heavy atom. The minimum Gasteiger partial charge on any atom is -0.390 e. The molecular weight excluding hydrogens is 192 g/mol. The average Bonchev–Trinajstić information content (AvgIpc) is 2.70. The van der Waals surface area contributed by atoms with E-state index >= 15 is 0 Å². The molecule has 0 unspecified atom stereocenters. The molecule has 0 amide bonds. The van der Waals surface area contributed by atoms with E-state index in [9.17, 15) is 5.11 Å². The maximum Gasteiger partial charge on any atom is 0.168 e. The van der Waals surface area contributed by atoms with Gasteiger partial charge in [-0.15, -0.1) is 0 Å². The number of hydrogen-bond acceptors (Lipinski definition) is 3. The van der Waals surface area contributed by atoms with Crippen molar-refractivity contribution >= 4 is 0 Å². The van der Waals surface area contributed by atoms with Crippen molar-refractivity contribution in [2.75, 3.05) is 13.2 Å². The van der Waals surface area contributed by atoms with E-state index in [-0.39, 0.29) is 5.79 Å². The van der Waals surface area contributed by atoms with Crippen molar-refractivity contribution in [3.05, 3.63) is 0 Å². The zero-order valence-corrected chi connectivity index (χ0v) is 9.63. The summed E-state index contributed by atoms with van der Waals surface area (Å²) in [5.41, 5.74) is -0.448. The molecule has 3 nitrogen and oxygen atoms in total. The summed E-state index contributed by atoms with van der Waals surface area (Å²) in [5, 5.41) is 10.3. The van der Waals surface area contributed by atoms with Crippen LogP contribution in [0.25, 0.3) is 0 Å². The van der Waals surface area contributed by atoms with E-state index < -0.39 is 5.60 Å². The van der Waals surface area contributed by atoms with Gasteiger partial charge in [-0.25, -0.2) is 0 Å². The lowest BCUT2D eigenvalue weighted by molar-refractivity contribution is -0.203. The van der Waals surface area contributed by atoms with Crippen molar-refractivity contribution in [2.45, 2.75) is 63.3 Å². The van der Waals surface area contributed by atoms with E-state index in [1.54, 1.807) is 0 Å². The summed E-state index contributed by atoms with van der Waals surface area (Å²) in [6.07, 6.45) is 6.56. The molecule has 1 spiro atoms. The van der Waals surface area contributed by atoms with Gasteiger partial charge in [0, 0.05) is 12.8 Å². The second kappa shape index (κ2) is 4.40. The van der Waals surface area contributed by atoms with Crippen molar-refractivity contribution in [2.24, 2.45) is 0 Å². The highest BCUT2D eigenvalue weighted by atomic mass is 16.7. The minimum atomic E-state index is -0.448. The van der Waals surface area contributed by atoms with Crippen LogP contribution < -0.4 is 0 Å². The molecule has 2 fully saturated rings. The van der Waals surface area contributed by atoms with E-state index in [4.69, 9.17) is 9.47 Å². The number of rotatable bonds is 3. The van der Waals surface area contributed by atoms with Gasteiger partial charge in [-0.3, -0.25) is 0 Å². The van der Waals surface area contributed by atoms with Crippen LogP contribution in [0.15, 0.2) is 0 Å². The standard InChI is InChI=1S/C12H22O3/c1-2-3-4-11(13)5-7-12(8-6-11)14-9-10-15-12/h13H,2-10H2,1H3. The minimum absolute atomic E-state index is 0.335. The van der Waals surface area contributed by atoms with E-state index in [0.29, 0.717) is 13.2 Å². The van der Waals surface area contributed by atoms with E-state index in [2.05, 4.69) is 6.92 Å². The average molecular weight is 214 g/mol. The lowest BCUT2D eigenvalue weighted by Gasteiger charge is -2.40. The fourth-order valence-electron chi connectivity index (χ4n) is 2.64.